The Hall–Kier alpha value is -0.410. The highest BCUT2D eigenvalue weighted by molar-refractivity contribution is 7.80. The van der Waals surface area contributed by atoms with Gasteiger partial charge in [0.2, 0.25) is 0 Å². The molecule has 0 atom stereocenters. The van der Waals surface area contributed by atoms with Gasteiger partial charge in [0.05, 0.1) is 4.99 Å². The average molecular weight is 211 g/mol. The maximum absolute atomic E-state index is 5.39. The third kappa shape index (κ3) is 2.29. The standard InChI is InChI=1S/C10H13NS2/c12-10(11-4-1-2-5-11)7-9-3-6-13-8-9/h3,6,8H,1-2,4-5,7H2. The molecule has 0 spiro atoms. The van der Waals surface area contributed by atoms with Crippen molar-refractivity contribution in [1.82, 2.24) is 4.90 Å². The van der Waals surface area contributed by atoms with Crippen molar-refractivity contribution < 1.29 is 0 Å². The van der Waals surface area contributed by atoms with Crippen molar-refractivity contribution >= 4 is 28.5 Å². The molecule has 3 heteroatoms. The molecule has 0 unspecified atom stereocenters. The molecule has 1 nitrogen and oxygen atoms in total. The number of likely N-dealkylation sites (tertiary alicyclic amines) is 1. The van der Waals surface area contributed by atoms with Crippen LogP contribution in [0.25, 0.3) is 0 Å². The fourth-order valence-electron chi connectivity index (χ4n) is 1.65. The molecule has 1 aliphatic rings. The molecule has 2 rings (SSSR count). The van der Waals surface area contributed by atoms with Gasteiger partial charge in [0.25, 0.3) is 0 Å². The summed E-state index contributed by atoms with van der Waals surface area (Å²) < 4.78 is 0. The highest BCUT2D eigenvalue weighted by atomic mass is 32.1. The third-order valence-corrected chi connectivity index (χ3v) is 3.53. The molecule has 1 aliphatic heterocycles. The number of thiocarbonyl (C=S) groups is 1. The molecular formula is C10H13NS2. The monoisotopic (exact) mass is 211 g/mol. The van der Waals surface area contributed by atoms with Gasteiger partial charge < -0.3 is 4.90 Å². The van der Waals surface area contributed by atoms with Crippen LogP contribution in [0.3, 0.4) is 0 Å². The van der Waals surface area contributed by atoms with Crippen LogP contribution in [0.4, 0.5) is 0 Å². The molecule has 1 aromatic rings. The lowest BCUT2D eigenvalue weighted by molar-refractivity contribution is 0.521. The smallest absolute Gasteiger partial charge is 0.0823 e. The summed E-state index contributed by atoms with van der Waals surface area (Å²) in [4.78, 5) is 3.46. The molecule has 0 N–H and O–H groups in total. The third-order valence-electron chi connectivity index (χ3n) is 2.39. The van der Waals surface area contributed by atoms with Crippen molar-refractivity contribution in [3.05, 3.63) is 22.4 Å². The lowest BCUT2D eigenvalue weighted by atomic mass is 10.2. The molecule has 1 aromatic heterocycles. The minimum absolute atomic E-state index is 0.957. The van der Waals surface area contributed by atoms with Gasteiger partial charge in [-0.3, -0.25) is 0 Å². The van der Waals surface area contributed by atoms with Crippen molar-refractivity contribution in [2.45, 2.75) is 19.3 Å². The van der Waals surface area contributed by atoms with Gasteiger partial charge in [-0.25, -0.2) is 0 Å². The number of hydrogen-bond acceptors (Lipinski definition) is 2. The minimum atomic E-state index is 0.957. The topological polar surface area (TPSA) is 3.24 Å². The first kappa shape index (κ1) is 9.16. The number of thiophene rings is 1. The van der Waals surface area contributed by atoms with E-state index >= 15 is 0 Å². The van der Waals surface area contributed by atoms with E-state index < -0.39 is 0 Å². The first-order valence-electron chi connectivity index (χ1n) is 4.65. The maximum atomic E-state index is 5.39. The Labute approximate surface area is 88.4 Å². The van der Waals surface area contributed by atoms with Crippen LogP contribution in [0.15, 0.2) is 16.8 Å². The van der Waals surface area contributed by atoms with Crippen molar-refractivity contribution in [2.24, 2.45) is 0 Å². The van der Waals surface area contributed by atoms with E-state index in [1.165, 1.54) is 31.5 Å². The molecular weight excluding hydrogens is 198 g/mol. The zero-order valence-corrected chi connectivity index (χ0v) is 9.16. The summed E-state index contributed by atoms with van der Waals surface area (Å²) in [6.45, 7) is 2.34. The molecule has 0 aromatic carbocycles. The maximum Gasteiger partial charge on any atom is 0.0823 e. The SMILES string of the molecule is S=C(Cc1ccsc1)N1CCCC1. The molecule has 70 valence electrons. The van der Waals surface area contributed by atoms with Gasteiger partial charge in [0.15, 0.2) is 0 Å². The van der Waals surface area contributed by atoms with Crippen LogP contribution in [0, 0.1) is 0 Å². The van der Waals surface area contributed by atoms with E-state index in [0.717, 1.165) is 11.4 Å². The van der Waals surface area contributed by atoms with Gasteiger partial charge in [-0.2, -0.15) is 11.3 Å². The van der Waals surface area contributed by atoms with Crippen LogP contribution < -0.4 is 0 Å². The van der Waals surface area contributed by atoms with Crippen molar-refractivity contribution in [1.29, 1.82) is 0 Å². The van der Waals surface area contributed by atoms with Crippen LogP contribution >= 0.6 is 23.6 Å². The van der Waals surface area contributed by atoms with Crippen LogP contribution in [0.1, 0.15) is 18.4 Å². The second-order valence-electron chi connectivity index (χ2n) is 3.40. The summed E-state index contributed by atoms with van der Waals surface area (Å²) in [6.07, 6.45) is 3.58. The summed E-state index contributed by atoms with van der Waals surface area (Å²) in [5.41, 5.74) is 1.36. The molecule has 0 saturated carbocycles. The minimum Gasteiger partial charge on any atom is -0.366 e. The molecule has 0 aliphatic carbocycles. The summed E-state index contributed by atoms with van der Waals surface area (Å²) in [7, 11) is 0. The Morgan fingerprint density at radius 3 is 2.85 bits per heavy atom. The van der Waals surface area contributed by atoms with E-state index in [-0.39, 0.29) is 0 Å². The average Bonchev–Trinajstić information content (AvgIpc) is 2.74. The van der Waals surface area contributed by atoms with E-state index in [2.05, 4.69) is 21.7 Å². The zero-order valence-electron chi connectivity index (χ0n) is 7.53. The fraction of sp³-hybridized carbons (Fsp3) is 0.500. The van der Waals surface area contributed by atoms with Crippen LogP contribution in [-0.4, -0.2) is 23.0 Å². The second kappa shape index (κ2) is 4.20. The van der Waals surface area contributed by atoms with E-state index in [4.69, 9.17) is 12.2 Å². The summed E-state index contributed by atoms with van der Waals surface area (Å²) in [5, 5.41) is 4.30. The molecule has 1 fully saturated rings. The van der Waals surface area contributed by atoms with Gasteiger partial charge in [0.1, 0.15) is 0 Å². The number of nitrogens with zero attached hydrogens (tertiary/aromatic N) is 1. The predicted molar refractivity (Wildman–Crippen MR) is 61.4 cm³/mol. The van der Waals surface area contributed by atoms with Crippen LogP contribution in [0.5, 0.6) is 0 Å². The molecule has 13 heavy (non-hydrogen) atoms. The quantitative estimate of drug-likeness (QED) is 0.692. The van der Waals surface area contributed by atoms with E-state index in [1.807, 2.05) is 0 Å². The van der Waals surface area contributed by atoms with Gasteiger partial charge in [-0.15, -0.1) is 0 Å². The number of rotatable bonds is 2. The van der Waals surface area contributed by atoms with E-state index in [9.17, 15) is 0 Å². The predicted octanol–water partition coefficient (Wildman–Crippen LogP) is 2.71. The largest absolute Gasteiger partial charge is 0.366 e. The first-order valence-corrected chi connectivity index (χ1v) is 6.00. The van der Waals surface area contributed by atoms with Crippen LogP contribution in [-0.2, 0) is 6.42 Å². The van der Waals surface area contributed by atoms with E-state index in [1.54, 1.807) is 11.3 Å². The van der Waals surface area contributed by atoms with Gasteiger partial charge >= 0.3 is 0 Å². The molecule has 2 heterocycles. The fourth-order valence-corrected chi connectivity index (χ4v) is 2.66. The van der Waals surface area contributed by atoms with Crippen molar-refractivity contribution in [3.63, 3.8) is 0 Å². The Kier molecular flexibility index (Phi) is 2.96. The molecule has 1 saturated heterocycles. The molecule has 0 amide bonds. The lowest BCUT2D eigenvalue weighted by Crippen LogP contribution is -2.27. The summed E-state index contributed by atoms with van der Waals surface area (Å²) in [6, 6.07) is 2.16. The Bertz CT molecular complexity index is 273. The van der Waals surface area contributed by atoms with Gasteiger partial charge in [0, 0.05) is 19.5 Å². The number of hydrogen-bond donors (Lipinski definition) is 0. The highest BCUT2D eigenvalue weighted by Gasteiger charge is 2.14. The van der Waals surface area contributed by atoms with Gasteiger partial charge in [-0.1, -0.05) is 12.2 Å². The Morgan fingerprint density at radius 1 is 1.46 bits per heavy atom. The van der Waals surface area contributed by atoms with E-state index in [0.29, 0.717) is 0 Å². The lowest BCUT2D eigenvalue weighted by Gasteiger charge is -2.17. The van der Waals surface area contributed by atoms with Crippen LogP contribution in [0.2, 0.25) is 0 Å². The Balaban J connectivity index is 1.91. The molecule has 0 radical (unpaired) electrons. The zero-order chi connectivity index (χ0) is 9.10. The highest BCUT2D eigenvalue weighted by Crippen LogP contribution is 2.13. The summed E-state index contributed by atoms with van der Waals surface area (Å²) in [5.74, 6) is 0. The first-order chi connectivity index (χ1) is 6.36. The van der Waals surface area contributed by atoms with Crippen molar-refractivity contribution in [3.8, 4) is 0 Å². The normalized spacial score (nSPS) is 16.5. The Morgan fingerprint density at radius 2 is 2.23 bits per heavy atom. The van der Waals surface area contributed by atoms with Gasteiger partial charge in [-0.05, 0) is 35.2 Å². The second-order valence-corrected chi connectivity index (χ2v) is 4.65. The van der Waals surface area contributed by atoms with Crippen molar-refractivity contribution in [2.75, 3.05) is 13.1 Å². The molecule has 0 bridgehead atoms. The summed E-state index contributed by atoms with van der Waals surface area (Å²) >= 11 is 7.14.